The number of benzene rings is 1. The minimum Gasteiger partial charge on any atom is -0.477 e. The van der Waals surface area contributed by atoms with Gasteiger partial charge in [-0.15, -0.1) is 0 Å². The molecule has 6 nitrogen and oxygen atoms in total. The van der Waals surface area contributed by atoms with Crippen molar-refractivity contribution in [1.29, 1.82) is 0 Å². The summed E-state index contributed by atoms with van der Waals surface area (Å²) in [4.78, 5) is 23.5. The van der Waals surface area contributed by atoms with Gasteiger partial charge in [0.25, 0.3) is 0 Å². The fourth-order valence-corrected chi connectivity index (χ4v) is 2.04. The van der Waals surface area contributed by atoms with Crippen LogP contribution in [0.3, 0.4) is 0 Å². The van der Waals surface area contributed by atoms with Crippen LogP contribution in [-0.4, -0.2) is 29.1 Å². The number of carboxylic acids is 1. The minimum atomic E-state index is -1.28. The lowest BCUT2D eigenvalue weighted by atomic mass is 10.1. The third-order valence-electron chi connectivity index (χ3n) is 2.76. The third-order valence-corrected chi connectivity index (χ3v) is 2.76. The highest BCUT2D eigenvalue weighted by molar-refractivity contribution is 5.95. The number of hydrogen-bond acceptors (Lipinski definition) is 4. The Labute approximate surface area is 111 Å². The molecular formula is C13H18N2O4. The molecule has 19 heavy (non-hydrogen) atoms. The topological polar surface area (TPSA) is 83.7 Å². The Morgan fingerprint density at radius 2 is 1.89 bits per heavy atom. The van der Waals surface area contributed by atoms with E-state index in [0.717, 1.165) is 12.8 Å². The zero-order chi connectivity index (χ0) is 14.4. The summed E-state index contributed by atoms with van der Waals surface area (Å²) in [5.41, 5.74) is -0.204. The molecule has 0 atom stereocenters. The van der Waals surface area contributed by atoms with Crippen molar-refractivity contribution in [3.63, 3.8) is 0 Å². The van der Waals surface area contributed by atoms with E-state index in [9.17, 15) is 14.9 Å². The van der Waals surface area contributed by atoms with E-state index in [1.807, 2.05) is 18.7 Å². The molecule has 1 aromatic rings. The van der Waals surface area contributed by atoms with Gasteiger partial charge in [0, 0.05) is 13.1 Å². The Hall–Kier alpha value is -2.11. The Morgan fingerprint density at radius 1 is 1.32 bits per heavy atom. The number of anilines is 1. The average molecular weight is 266 g/mol. The highest BCUT2D eigenvalue weighted by atomic mass is 16.6. The highest BCUT2D eigenvalue weighted by Crippen LogP contribution is 2.32. The van der Waals surface area contributed by atoms with Gasteiger partial charge in [0.1, 0.15) is 11.3 Å². The van der Waals surface area contributed by atoms with Gasteiger partial charge in [-0.25, -0.2) is 4.79 Å². The lowest BCUT2D eigenvalue weighted by molar-refractivity contribution is -0.384. The molecule has 6 heteroatoms. The third kappa shape index (κ3) is 3.43. The van der Waals surface area contributed by atoms with E-state index in [1.165, 1.54) is 6.07 Å². The molecule has 1 N–H and O–H groups in total. The fourth-order valence-electron chi connectivity index (χ4n) is 2.04. The van der Waals surface area contributed by atoms with Crippen molar-refractivity contribution in [2.45, 2.75) is 26.7 Å². The van der Waals surface area contributed by atoms with Crippen molar-refractivity contribution in [2.24, 2.45) is 0 Å². The van der Waals surface area contributed by atoms with Crippen LogP contribution in [0.1, 0.15) is 37.0 Å². The zero-order valence-electron chi connectivity index (χ0n) is 11.1. The monoisotopic (exact) mass is 266 g/mol. The molecule has 0 saturated carbocycles. The molecule has 0 radical (unpaired) electrons. The molecule has 0 aromatic heterocycles. The first-order valence-electron chi connectivity index (χ1n) is 6.28. The SMILES string of the molecule is CCCN(CCC)c1cccc(C(=O)O)c1[N+](=O)[O-]. The number of para-hydroxylation sites is 1. The maximum Gasteiger partial charge on any atom is 0.342 e. The van der Waals surface area contributed by atoms with Crippen LogP contribution in [0.2, 0.25) is 0 Å². The quantitative estimate of drug-likeness (QED) is 0.606. The number of carbonyl (C=O) groups is 1. The molecule has 0 saturated heterocycles. The van der Waals surface area contributed by atoms with Crippen LogP contribution < -0.4 is 4.90 Å². The van der Waals surface area contributed by atoms with E-state index in [1.54, 1.807) is 12.1 Å². The van der Waals surface area contributed by atoms with Gasteiger partial charge in [-0.2, -0.15) is 0 Å². The molecule has 0 amide bonds. The van der Waals surface area contributed by atoms with Gasteiger partial charge >= 0.3 is 11.7 Å². The smallest absolute Gasteiger partial charge is 0.342 e. The van der Waals surface area contributed by atoms with E-state index in [4.69, 9.17) is 5.11 Å². The number of aromatic carboxylic acids is 1. The Morgan fingerprint density at radius 3 is 2.32 bits per heavy atom. The second kappa shape index (κ2) is 6.72. The molecule has 1 rings (SSSR count). The summed E-state index contributed by atoms with van der Waals surface area (Å²) in [6.45, 7) is 5.29. The van der Waals surface area contributed by atoms with E-state index >= 15 is 0 Å². The lowest BCUT2D eigenvalue weighted by Gasteiger charge is -2.23. The van der Waals surface area contributed by atoms with Gasteiger partial charge in [-0.1, -0.05) is 19.9 Å². The van der Waals surface area contributed by atoms with Gasteiger partial charge in [0.05, 0.1) is 4.92 Å². The summed E-state index contributed by atoms with van der Waals surface area (Å²) in [6.07, 6.45) is 1.68. The number of hydrogen-bond donors (Lipinski definition) is 1. The fraction of sp³-hybridized carbons (Fsp3) is 0.462. The van der Waals surface area contributed by atoms with Gasteiger partial charge < -0.3 is 10.0 Å². The average Bonchev–Trinajstić information content (AvgIpc) is 2.37. The summed E-state index contributed by atoms with van der Waals surface area (Å²) in [7, 11) is 0. The van der Waals surface area contributed by atoms with Gasteiger partial charge in [0.15, 0.2) is 0 Å². The molecule has 0 spiro atoms. The predicted molar refractivity (Wildman–Crippen MR) is 72.9 cm³/mol. The van der Waals surface area contributed by atoms with Gasteiger partial charge in [-0.05, 0) is 25.0 Å². The largest absolute Gasteiger partial charge is 0.477 e. The maximum absolute atomic E-state index is 11.2. The minimum absolute atomic E-state index is 0.264. The first kappa shape index (κ1) is 14.9. The lowest BCUT2D eigenvalue weighted by Crippen LogP contribution is -2.26. The first-order valence-corrected chi connectivity index (χ1v) is 6.28. The van der Waals surface area contributed by atoms with E-state index < -0.39 is 10.9 Å². The molecule has 0 aliphatic carbocycles. The molecule has 0 aliphatic heterocycles. The number of nitrogens with zero attached hydrogens (tertiary/aromatic N) is 2. The van der Waals surface area contributed by atoms with Crippen LogP contribution in [-0.2, 0) is 0 Å². The van der Waals surface area contributed by atoms with E-state index in [0.29, 0.717) is 18.8 Å². The summed E-state index contributed by atoms with van der Waals surface area (Å²) in [5.74, 6) is -1.28. The van der Waals surface area contributed by atoms with Crippen molar-refractivity contribution < 1.29 is 14.8 Å². The number of rotatable bonds is 7. The zero-order valence-corrected chi connectivity index (χ0v) is 11.1. The summed E-state index contributed by atoms with van der Waals surface area (Å²) in [6, 6.07) is 4.42. The molecule has 1 aromatic carbocycles. The van der Waals surface area contributed by atoms with Crippen LogP contribution in [0.4, 0.5) is 11.4 Å². The van der Waals surface area contributed by atoms with Crippen LogP contribution in [0.25, 0.3) is 0 Å². The molecular weight excluding hydrogens is 248 g/mol. The Balaban J connectivity index is 3.35. The number of nitro benzene ring substituents is 1. The second-order valence-corrected chi connectivity index (χ2v) is 4.22. The molecule has 104 valence electrons. The van der Waals surface area contributed by atoms with Crippen molar-refractivity contribution in [3.8, 4) is 0 Å². The van der Waals surface area contributed by atoms with Gasteiger partial charge in [-0.3, -0.25) is 10.1 Å². The van der Waals surface area contributed by atoms with Crippen LogP contribution in [0, 0.1) is 10.1 Å². The van der Waals surface area contributed by atoms with E-state index in [2.05, 4.69) is 0 Å². The first-order chi connectivity index (χ1) is 9.02. The standard InChI is InChI=1S/C13H18N2O4/c1-3-8-14(9-4-2)11-7-5-6-10(13(16)17)12(11)15(18)19/h5-7H,3-4,8-9H2,1-2H3,(H,16,17). The van der Waals surface area contributed by atoms with Gasteiger partial charge in [0.2, 0.25) is 0 Å². The van der Waals surface area contributed by atoms with Crippen molar-refractivity contribution >= 4 is 17.3 Å². The molecule has 0 heterocycles. The van der Waals surface area contributed by atoms with Crippen molar-refractivity contribution in [2.75, 3.05) is 18.0 Å². The molecule has 0 bridgehead atoms. The van der Waals surface area contributed by atoms with Crippen molar-refractivity contribution in [1.82, 2.24) is 0 Å². The Bertz CT molecular complexity index is 468. The number of carboxylic acid groups (broad SMARTS) is 1. The summed E-state index contributed by atoms with van der Waals surface area (Å²) < 4.78 is 0. The highest BCUT2D eigenvalue weighted by Gasteiger charge is 2.26. The molecule has 0 fully saturated rings. The van der Waals surface area contributed by atoms with E-state index in [-0.39, 0.29) is 11.3 Å². The predicted octanol–water partition coefficient (Wildman–Crippen LogP) is 2.92. The van der Waals surface area contributed by atoms with Crippen LogP contribution in [0.5, 0.6) is 0 Å². The van der Waals surface area contributed by atoms with Crippen LogP contribution in [0.15, 0.2) is 18.2 Å². The summed E-state index contributed by atoms with van der Waals surface area (Å²) >= 11 is 0. The summed E-state index contributed by atoms with van der Waals surface area (Å²) in [5, 5.41) is 20.2. The van der Waals surface area contributed by atoms with Crippen molar-refractivity contribution in [3.05, 3.63) is 33.9 Å². The molecule has 0 unspecified atom stereocenters. The van der Waals surface area contributed by atoms with Crippen LogP contribution >= 0.6 is 0 Å². The molecule has 0 aliphatic rings. The maximum atomic E-state index is 11.2. The Kier molecular flexibility index (Phi) is 5.29. The normalized spacial score (nSPS) is 10.2. The number of nitro groups is 1. The second-order valence-electron chi connectivity index (χ2n) is 4.22.